The number of nitrogens with one attached hydrogen (secondary N) is 2. The number of aryl methyl sites for hydroxylation is 1. The summed E-state index contributed by atoms with van der Waals surface area (Å²) in [5.41, 5.74) is 1.07. The monoisotopic (exact) mass is 426 g/mol. The maximum absolute atomic E-state index is 12.4. The molecule has 2 N–H and O–H groups in total. The lowest BCUT2D eigenvalue weighted by molar-refractivity contribution is -0.124. The molecule has 2 amide bonds. The first kappa shape index (κ1) is 17.7. The fourth-order valence-corrected chi connectivity index (χ4v) is 3.14. The van der Waals surface area contributed by atoms with Gasteiger partial charge in [0, 0.05) is 21.7 Å². The largest absolute Gasteiger partial charge is 0.352 e. The number of anilines is 1. The van der Waals surface area contributed by atoms with Crippen LogP contribution >= 0.6 is 22.6 Å². The highest BCUT2D eigenvalue weighted by molar-refractivity contribution is 14.1. The number of rotatable bonds is 4. The van der Waals surface area contributed by atoms with E-state index in [0.29, 0.717) is 12.2 Å². The zero-order valence-electron chi connectivity index (χ0n) is 12.9. The first-order valence-corrected chi connectivity index (χ1v) is 8.66. The van der Waals surface area contributed by atoms with Crippen molar-refractivity contribution in [2.24, 2.45) is 5.92 Å². The van der Waals surface area contributed by atoms with Gasteiger partial charge in [0.15, 0.2) is 0 Å². The van der Waals surface area contributed by atoms with Crippen LogP contribution in [0.4, 0.5) is 5.82 Å². The number of carbonyl (C=O) groups excluding carboxylic acids is 2. The van der Waals surface area contributed by atoms with E-state index in [1.807, 2.05) is 19.1 Å². The van der Waals surface area contributed by atoms with E-state index in [-0.39, 0.29) is 30.2 Å². The van der Waals surface area contributed by atoms with E-state index < -0.39 is 0 Å². The Morgan fingerprint density at radius 1 is 1.48 bits per heavy atom. The summed E-state index contributed by atoms with van der Waals surface area (Å²) < 4.78 is 1.05. The first-order valence-electron chi connectivity index (χ1n) is 7.59. The molecular weight excluding hydrogens is 407 g/mol. The summed E-state index contributed by atoms with van der Waals surface area (Å²) in [4.78, 5) is 28.1. The standard InChI is InChI=1S/C16H19IN4O2/c1-10-9-19-14(8-13(10)17)21-16(23)11-3-2-4-12(7-11)20-15(22)5-6-18/h8-9,11-12H,2-5,7H2,1H3,(H,20,22)(H,19,21,23)/t11-,12+/m0/s1. The highest BCUT2D eigenvalue weighted by Crippen LogP contribution is 2.26. The summed E-state index contributed by atoms with van der Waals surface area (Å²) in [6.07, 6.45) is 4.74. The fraction of sp³-hybridized carbons (Fsp3) is 0.500. The van der Waals surface area contributed by atoms with Gasteiger partial charge in [0.1, 0.15) is 12.2 Å². The molecule has 2 rings (SSSR count). The van der Waals surface area contributed by atoms with Crippen molar-refractivity contribution >= 4 is 40.2 Å². The maximum Gasteiger partial charge on any atom is 0.234 e. The molecule has 7 heteroatoms. The Hall–Kier alpha value is -1.69. The molecule has 0 unspecified atom stereocenters. The average molecular weight is 426 g/mol. The van der Waals surface area contributed by atoms with Crippen LogP contribution < -0.4 is 10.6 Å². The zero-order chi connectivity index (χ0) is 16.8. The second-order valence-electron chi connectivity index (χ2n) is 5.77. The minimum absolute atomic E-state index is 0.0357. The number of halogens is 1. The van der Waals surface area contributed by atoms with Gasteiger partial charge in [0.05, 0.1) is 6.07 Å². The lowest BCUT2D eigenvalue weighted by atomic mass is 9.85. The Labute approximate surface area is 149 Å². The quantitative estimate of drug-likeness (QED) is 0.724. The van der Waals surface area contributed by atoms with Gasteiger partial charge in [0.2, 0.25) is 11.8 Å². The molecular formula is C16H19IN4O2. The number of aromatic nitrogens is 1. The number of pyridine rings is 1. The Morgan fingerprint density at radius 3 is 2.96 bits per heavy atom. The van der Waals surface area contributed by atoms with E-state index in [0.717, 1.165) is 28.4 Å². The molecule has 1 heterocycles. The van der Waals surface area contributed by atoms with E-state index in [1.54, 1.807) is 6.20 Å². The SMILES string of the molecule is Cc1cnc(NC(=O)[C@H]2CCC[C@@H](NC(=O)CC#N)C2)cc1I. The first-order chi connectivity index (χ1) is 11.0. The molecule has 1 aliphatic rings. The van der Waals surface area contributed by atoms with Gasteiger partial charge in [-0.2, -0.15) is 5.26 Å². The average Bonchev–Trinajstić information content (AvgIpc) is 2.51. The van der Waals surface area contributed by atoms with Gasteiger partial charge < -0.3 is 10.6 Å². The van der Waals surface area contributed by atoms with Crippen LogP contribution in [0.25, 0.3) is 0 Å². The summed E-state index contributed by atoms with van der Waals surface area (Å²) >= 11 is 2.21. The Balaban J connectivity index is 1.92. The van der Waals surface area contributed by atoms with Gasteiger partial charge >= 0.3 is 0 Å². The molecule has 0 saturated heterocycles. The summed E-state index contributed by atoms with van der Waals surface area (Å²) in [6.45, 7) is 1.97. The molecule has 1 aromatic rings. The molecule has 0 radical (unpaired) electrons. The molecule has 0 aliphatic heterocycles. The Bertz CT molecular complexity index is 641. The van der Waals surface area contributed by atoms with Gasteiger partial charge in [-0.1, -0.05) is 6.42 Å². The minimum atomic E-state index is -0.270. The second kappa shape index (κ2) is 8.24. The summed E-state index contributed by atoms with van der Waals surface area (Å²) in [7, 11) is 0. The van der Waals surface area contributed by atoms with Gasteiger partial charge in [-0.05, 0) is 60.4 Å². The van der Waals surface area contributed by atoms with Crippen LogP contribution in [0.3, 0.4) is 0 Å². The summed E-state index contributed by atoms with van der Waals surface area (Å²) in [6, 6.07) is 3.65. The van der Waals surface area contributed by atoms with E-state index in [1.165, 1.54) is 0 Å². The molecule has 1 aliphatic carbocycles. The molecule has 0 bridgehead atoms. The highest BCUT2D eigenvalue weighted by atomic mass is 127. The molecule has 1 fully saturated rings. The van der Waals surface area contributed by atoms with Crippen molar-refractivity contribution in [3.8, 4) is 6.07 Å². The Morgan fingerprint density at radius 2 is 2.26 bits per heavy atom. The van der Waals surface area contributed by atoms with E-state index >= 15 is 0 Å². The third-order valence-corrected chi connectivity index (χ3v) is 5.10. The molecule has 1 saturated carbocycles. The van der Waals surface area contributed by atoms with Crippen molar-refractivity contribution < 1.29 is 9.59 Å². The molecule has 2 atom stereocenters. The Kier molecular flexibility index (Phi) is 6.33. The fourth-order valence-electron chi connectivity index (χ4n) is 2.71. The minimum Gasteiger partial charge on any atom is -0.352 e. The summed E-state index contributed by atoms with van der Waals surface area (Å²) in [5.74, 6) is 0.0854. The van der Waals surface area contributed by atoms with Crippen LogP contribution in [0.2, 0.25) is 0 Å². The van der Waals surface area contributed by atoms with Crippen molar-refractivity contribution in [3.63, 3.8) is 0 Å². The normalized spacial score (nSPS) is 20.4. The van der Waals surface area contributed by atoms with Gasteiger partial charge in [-0.25, -0.2) is 4.98 Å². The molecule has 23 heavy (non-hydrogen) atoms. The molecule has 122 valence electrons. The van der Waals surface area contributed by atoms with Gasteiger partial charge in [-0.3, -0.25) is 9.59 Å². The van der Waals surface area contributed by atoms with Crippen LogP contribution in [0.5, 0.6) is 0 Å². The molecule has 1 aromatic heterocycles. The van der Waals surface area contributed by atoms with Gasteiger partial charge in [0.25, 0.3) is 0 Å². The van der Waals surface area contributed by atoms with Crippen molar-refractivity contribution in [3.05, 3.63) is 21.4 Å². The highest BCUT2D eigenvalue weighted by Gasteiger charge is 2.28. The summed E-state index contributed by atoms with van der Waals surface area (Å²) in [5, 5.41) is 14.2. The number of carbonyl (C=O) groups is 2. The third-order valence-electron chi connectivity index (χ3n) is 3.94. The maximum atomic E-state index is 12.4. The van der Waals surface area contributed by atoms with E-state index in [2.05, 4.69) is 38.2 Å². The molecule has 0 spiro atoms. The topological polar surface area (TPSA) is 94.9 Å². The van der Waals surface area contributed by atoms with Crippen molar-refractivity contribution in [2.45, 2.75) is 45.1 Å². The van der Waals surface area contributed by atoms with E-state index in [4.69, 9.17) is 5.26 Å². The number of hydrogen-bond donors (Lipinski definition) is 2. The van der Waals surface area contributed by atoms with Crippen LogP contribution in [0.1, 0.15) is 37.7 Å². The number of nitrogens with zero attached hydrogens (tertiary/aromatic N) is 2. The van der Waals surface area contributed by atoms with E-state index in [9.17, 15) is 9.59 Å². The van der Waals surface area contributed by atoms with Crippen LogP contribution in [0, 0.1) is 27.7 Å². The van der Waals surface area contributed by atoms with Crippen LogP contribution in [-0.4, -0.2) is 22.8 Å². The predicted octanol–water partition coefficient (Wildman–Crippen LogP) is 2.52. The van der Waals surface area contributed by atoms with Gasteiger partial charge in [-0.15, -0.1) is 0 Å². The molecule has 6 nitrogen and oxygen atoms in total. The second-order valence-corrected chi connectivity index (χ2v) is 6.93. The lowest BCUT2D eigenvalue weighted by Crippen LogP contribution is -2.40. The lowest BCUT2D eigenvalue weighted by Gasteiger charge is -2.28. The van der Waals surface area contributed by atoms with Crippen LogP contribution in [0.15, 0.2) is 12.3 Å². The predicted molar refractivity (Wildman–Crippen MR) is 94.4 cm³/mol. The smallest absolute Gasteiger partial charge is 0.234 e. The van der Waals surface area contributed by atoms with Crippen molar-refractivity contribution in [1.29, 1.82) is 5.26 Å². The number of amides is 2. The number of nitriles is 1. The number of hydrogen-bond acceptors (Lipinski definition) is 4. The third kappa shape index (κ3) is 5.16. The van der Waals surface area contributed by atoms with Crippen molar-refractivity contribution in [2.75, 3.05) is 5.32 Å². The molecule has 0 aromatic carbocycles. The van der Waals surface area contributed by atoms with Crippen LogP contribution in [-0.2, 0) is 9.59 Å². The van der Waals surface area contributed by atoms with Crippen molar-refractivity contribution in [1.82, 2.24) is 10.3 Å². The zero-order valence-corrected chi connectivity index (χ0v) is 15.1.